The molecule has 0 aliphatic carbocycles. The van der Waals surface area contributed by atoms with Crippen molar-refractivity contribution in [3.05, 3.63) is 77.6 Å². The Hall–Kier alpha value is -2.61. The fourth-order valence-corrected chi connectivity index (χ4v) is 2.59. The van der Waals surface area contributed by atoms with Gasteiger partial charge in [0, 0.05) is 10.9 Å². The molecule has 0 amide bonds. The Morgan fingerprint density at radius 1 is 0.800 bits per heavy atom. The lowest BCUT2D eigenvalue weighted by molar-refractivity contribution is 0.521. The zero-order valence-electron chi connectivity index (χ0n) is 10.6. The summed E-state index contributed by atoms with van der Waals surface area (Å²) in [5.74, 6) is 1.35. The van der Waals surface area contributed by atoms with E-state index in [1.54, 1.807) is 12.1 Å². The summed E-state index contributed by atoms with van der Waals surface area (Å²) in [7, 11) is 0. The summed E-state index contributed by atoms with van der Waals surface area (Å²) < 4.78 is 19.0. The van der Waals surface area contributed by atoms with Crippen LogP contribution in [0.15, 0.2) is 60.7 Å². The third-order valence-electron chi connectivity index (χ3n) is 3.53. The first kappa shape index (κ1) is 11.2. The molecule has 0 radical (unpaired) electrons. The Morgan fingerprint density at radius 3 is 2.35 bits per heavy atom. The summed E-state index contributed by atoms with van der Waals surface area (Å²) in [6.45, 7) is 0. The predicted molar refractivity (Wildman–Crippen MR) is 78.8 cm³/mol. The molecule has 0 N–H and O–H groups in total. The Morgan fingerprint density at radius 2 is 1.55 bits per heavy atom. The Kier molecular flexibility index (Phi) is 2.36. The zero-order chi connectivity index (χ0) is 13.5. The fraction of sp³-hybridized carbons (Fsp3) is 0. The molecule has 0 spiro atoms. The van der Waals surface area contributed by atoms with Crippen LogP contribution >= 0.6 is 0 Å². The molecule has 0 saturated heterocycles. The summed E-state index contributed by atoms with van der Waals surface area (Å²) >= 11 is 0. The van der Waals surface area contributed by atoms with Crippen molar-refractivity contribution >= 4 is 22.6 Å². The summed E-state index contributed by atoms with van der Waals surface area (Å²) in [4.78, 5) is 0. The van der Waals surface area contributed by atoms with Gasteiger partial charge < -0.3 is 4.74 Å². The first-order valence-corrected chi connectivity index (χ1v) is 6.48. The second kappa shape index (κ2) is 4.20. The molecule has 0 fully saturated rings. The molecular weight excluding hydrogens is 251 g/mol. The molecule has 0 saturated carbocycles. The van der Waals surface area contributed by atoms with Gasteiger partial charge in [-0.05, 0) is 47.4 Å². The molecule has 3 aromatic rings. The quantitative estimate of drug-likeness (QED) is 0.608. The number of hydrogen-bond donors (Lipinski definition) is 0. The minimum absolute atomic E-state index is 0.243. The molecule has 1 nitrogen and oxygen atoms in total. The van der Waals surface area contributed by atoms with Crippen LogP contribution in [0.25, 0.3) is 22.6 Å². The highest BCUT2D eigenvalue weighted by molar-refractivity contribution is 6.01. The SMILES string of the molecule is Fc1ccc(C2=Cc3cccc4cccc(c34)O2)cc1. The van der Waals surface area contributed by atoms with Crippen LogP contribution in [0.5, 0.6) is 5.75 Å². The highest BCUT2D eigenvalue weighted by Crippen LogP contribution is 2.37. The molecule has 1 aliphatic heterocycles. The van der Waals surface area contributed by atoms with E-state index in [1.165, 1.54) is 12.1 Å². The first-order chi connectivity index (χ1) is 9.81. The van der Waals surface area contributed by atoms with E-state index in [9.17, 15) is 4.39 Å². The van der Waals surface area contributed by atoms with Crippen LogP contribution in [0, 0.1) is 5.82 Å². The van der Waals surface area contributed by atoms with Crippen molar-refractivity contribution < 1.29 is 9.13 Å². The van der Waals surface area contributed by atoms with Gasteiger partial charge in [-0.25, -0.2) is 4.39 Å². The first-order valence-electron chi connectivity index (χ1n) is 6.48. The standard InChI is InChI=1S/C18H11FO/c19-15-9-7-12(8-10-15)17-11-14-5-1-3-13-4-2-6-16(20-17)18(13)14/h1-11H. The third kappa shape index (κ3) is 1.69. The van der Waals surface area contributed by atoms with Crippen molar-refractivity contribution in [2.24, 2.45) is 0 Å². The average Bonchev–Trinajstić information content (AvgIpc) is 2.48. The van der Waals surface area contributed by atoms with Crippen molar-refractivity contribution in [1.29, 1.82) is 0 Å². The van der Waals surface area contributed by atoms with Gasteiger partial charge in [-0.1, -0.05) is 30.3 Å². The van der Waals surface area contributed by atoms with Crippen LogP contribution in [-0.4, -0.2) is 0 Å². The van der Waals surface area contributed by atoms with Crippen molar-refractivity contribution in [2.75, 3.05) is 0 Å². The Balaban J connectivity index is 1.92. The van der Waals surface area contributed by atoms with E-state index < -0.39 is 0 Å². The summed E-state index contributed by atoms with van der Waals surface area (Å²) in [5, 5.41) is 2.29. The van der Waals surface area contributed by atoms with E-state index in [1.807, 2.05) is 24.3 Å². The molecule has 1 heterocycles. The van der Waals surface area contributed by atoms with Crippen LogP contribution < -0.4 is 4.74 Å². The van der Waals surface area contributed by atoms with Crippen LogP contribution in [-0.2, 0) is 0 Å². The van der Waals surface area contributed by atoms with E-state index in [0.29, 0.717) is 0 Å². The van der Waals surface area contributed by atoms with E-state index in [0.717, 1.165) is 33.4 Å². The maximum atomic E-state index is 13.0. The second-order valence-corrected chi connectivity index (χ2v) is 4.82. The van der Waals surface area contributed by atoms with Gasteiger partial charge in [-0.2, -0.15) is 0 Å². The van der Waals surface area contributed by atoms with Gasteiger partial charge in [0.25, 0.3) is 0 Å². The lowest BCUT2D eigenvalue weighted by Gasteiger charge is -2.19. The normalized spacial score (nSPS) is 12.9. The molecule has 0 unspecified atom stereocenters. The van der Waals surface area contributed by atoms with E-state index in [2.05, 4.69) is 18.2 Å². The second-order valence-electron chi connectivity index (χ2n) is 4.82. The predicted octanol–water partition coefficient (Wildman–Crippen LogP) is 4.87. The van der Waals surface area contributed by atoms with Gasteiger partial charge >= 0.3 is 0 Å². The van der Waals surface area contributed by atoms with Gasteiger partial charge in [0.15, 0.2) is 0 Å². The molecule has 1 aliphatic rings. The lowest BCUT2D eigenvalue weighted by Crippen LogP contribution is -2.00. The van der Waals surface area contributed by atoms with Crippen LogP contribution in [0.2, 0.25) is 0 Å². The van der Waals surface area contributed by atoms with E-state index >= 15 is 0 Å². The summed E-state index contributed by atoms with van der Waals surface area (Å²) in [5.41, 5.74) is 2.00. The van der Waals surface area contributed by atoms with Gasteiger partial charge in [-0.3, -0.25) is 0 Å². The van der Waals surface area contributed by atoms with Gasteiger partial charge in [0.1, 0.15) is 17.3 Å². The van der Waals surface area contributed by atoms with Crippen molar-refractivity contribution in [3.63, 3.8) is 0 Å². The minimum atomic E-state index is -0.243. The zero-order valence-corrected chi connectivity index (χ0v) is 10.6. The van der Waals surface area contributed by atoms with Crippen LogP contribution in [0.3, 0.4) is 0 Å². The smallest absolute Gasteiger partial charge is 0.135 e. The van der Waals surface area contributed by atoms with E-state index in [4.69, 9.17) is 4.74 Å². The van der Waals surface area contributed by atoms with Gasteiger partial charge in [0.2, 0.25) is 0 Å². The van der Waals surface area contributed by atoms with Gasteiger partial charge in [-0.15, -0.1) is 0 Å². The third-order valence-corrected chi connectivity index (χ3v) is 3.53. The average molecular weight is 262 g/mol. The van der Waals surface area contributed by atoms with Crippen LogP contribution in [0.1, 0.15) is 11.1 Å². The molecule has 2 heteroatoms. The summed E-state index contributed by atoms with van der Waals surface area (Å²) in [6.07, 6.45) is 2.00. The van der Waals surface area contributed by atoms with Gasteiger partial charge in [0.05, 0.1) is 0 Å². The van der Waals surface area contributed by atoms with Crippen molar-refractivity contribution in [3.8, 4) is 5.75 Å². The number of ether oxygens (including phenoxy) is 1. The fourth-order valence-electron chi connectivity index (χ4n) is 2.59. The highest BCUT2D eigenvalue weighted by atomic mass is 19.1. The largest absolute Gasteiger partial charge is 0.456 e. The molecule has 0 bridgehead atoms. The number of benzene rings is 3. The maximum absolute atomic E-state index is 13.0. The Bertz CT molecular complexity index is 826. The van der Waals surface area contributed by atoms with Crippen molar-refractivity contribution in [1.82, 2.24) is 0 Å². The molecule has 96 valence electrons. The number of rotatable bonds is 1. The van der Waals surface area contributed by atoms with Crippen LogP contribution in [0.4, 0.5) is 4.39 Å². The number of halogens is 1. The summed E-state index contributed by atoms with van der Waals surface area (Å²) in [6, 6.07) is 18.5. The monoisotopic (exact) mass is 262 g/mol. The Labute approximate surface area is 115 Å². The minimum Gasteiger partial charge on any atom is -0.456 e. The molecule has 3 aromatic carbocycles. The molecule has 0 aromatic heterocycles. The topological polar surface area (TPSA) is 9.23 Å². The highest BCUT2D eigenvalue weighted by Gasteiger charge is 2.15. The molecule has 4 rings (SSSR count). The van der Waals surface area contributed by atoms with Crippen molar-refractivity contribution in [2.45, 2.75) is 0 Å². The maximum Gasteiger partial charge on any atom is 0.135 e. The lowest BCUT2D eigenvalue weighted by atomic mass is 9.99. The number of hydrogen-bond acceptors (Lipinski definition) is 1. The molecule has 0 atom stereocenters. The molecular formula is C18H11FO. The van der Waals surface area contributed by atoms with E-state index in [-0.39, 0.29) is 5.82 Å². The molecule has 20 heavy (non-hydrogen) atoms.